The molecule has 0 saturated carbocycles. The maximum Gasteiger partial charge on any atom is 0.301 e. The predicted octanol–water partition coefficient (Wildman–Crippen LogP) is 3.70. The van der Waals surface area contributed by atoms with E-state index in [2.05, 4.69) is 10.5 Å². The van der Waals surface area contributed by atoms with Gasteiger partial charge in [0, 0.05) is 18.2 Å². The van der Waals surface area contributed by atoms with Crippen molar-refractivity contribution in [2.75, 3.05) is 5.43 Å². The molecule has 0 heterocycles. The average molecular weight is 314 g/mol. The van der Waals surface area contributed by atoms with E-state index < -0.39 is 15.5 Å². The highest BCUT2D eigenvalue weighted by Gasteiger charge is 2.19. The summed E-state index contributed by atoms with van der Waals surface area (Å²) in [6.45, 7) is 1.94. The minimum atomic E-state index is -0.689. The summed E-state index contributed by atoms with van der Waals surface area (Å²) in [5.41, 5.74) is 2.97. The van der Waals surface area contributed by atoms with Crippen LogP contribution in [0.2, 0.25) is 0 Å². The quantitative estimate of drug-likeness (QED) is 0.496. The Kier molecular flexibility index (Phi) is 4.98. The van der Waals surface area contributed by atoms with Gasteiger partial charge in [-0.25, -0.2) is 0 Å². The highest BCUT2D eigenvalue weighted by molar-refractivity contribution is 5.71. The highest BCUT2D eigenvalue weighted by atomic mass is 16.6. The van der Waals surface area contributed by atoms with Gasteiger partial charge in [-0.05, 0) is 11.6 Å². The van der Waals surface area contributed by atoms with E-state index >= 15 is 0 Å². The van der Waals surface area contributed by atoms with Gasteiger partial charge in [0.25, 0.3) is 5.69 Å². The lowest BCUT2D eigenvalue weighted by Crippen LogP contribution is -2.00. The predicted molar refractivity (Wildman–Crippen MR) is 86.7 cm³/mol. The number of hydrazone groups is 1. The van der Waals surface area contributed by atoms with Gasteiger partial charge in [-0.2, -0.15) is 5.10 Å². The van der Waals surface area contributed by atoms with Gasteiger partial charge in [0.15, 0.2) is 0 Å². The molecule has 0 aliphatic carbocycles. The summed E-state index contributed by atoms with van der Waals surface area (Å²) in [6.07, 6.45) is 1.61. The zero-order chi connectivity index (χ0) is 16.8. The number of nitro groups is 2. The number of benzene rings is 2. The molecule has 0 amide bonds. The van der Waals surface area contributed by atoms with Crippen molar-refractivity contribution in [3.8, 4) is 0 Å². The largest absolute Gasteiger partial charge is 0.301 e. The van der Waals surface area contributed by atoms with Crippen LogP contribution in [-0.2, 0) is 0 Å². The van der Waals surface area contributed by atoms with E-state index in [1.807, 2.05) is 37.3 Å². The number of rotatable bonds is 6. The molecule has 8 nitrogen and oxygen atoms in total. The lowest BCUT2D eigenvalue weighted by atomic mass is 10.0. The maximum atomic E-state index is 11.0. The van der Waals surface area contributed by atoms with Crippen LogP contribution in [0.15, 0.2) is 53.6 Å². The summed E-state index contributed by atoms with van der Waals surface area (Å²) < 4.78 is 0. The van der Waals surface area contributed by atoms with Gasteiger partial charge in [-0.15, -0.1) is 0 Å². The summed E-state index contributed by atoms with van der Waals surface area (Å²) >= 11 is 0. The minimum absolute atomic E-state index is 0.0146. The number of nitro benzene ring substituents is 2. The lowest BCUT2D eigenvalue weighted by molar-refractivity contribution is -0.393. The van der Waals surface area contributed by atoms with E-state index in [-0.39, 0.29) is 17.3 Å². The SMILES string of the molecule is C[C@H](/C=N/Nc1ccc([N+](=O)[O-])cc1[N+](=O)[O-])c1ccccc1. The zero-order valence-electron chi connectivity index (χ0n) is 12.2. The molecule has 0 bridgehead atoms. The first-order valence-corrected chi connectivity index (χ1v) is 6.76. The van der Waals surface area contributed by atoms with E-state index in [1.165, 1.54) is 12.1 Å². The molecule has 0 radical (unpaired) electrons. The molecule has 1 atom stereocenters. The molecule has 2 aromatic rings. The summed E-state index contributed by atoms with van der Waals surface area (Å²) in [7, 11) is 0. The van der Waals surface area contributed by atoms with Crippen molar-refractivity contribution in [3.63, 3.8) is 0 Å². The fraction of sp³-hybridized carbons (Fsp3) is 0.133. The molecular weight excluding hydrogens is 300 g/mol. The maximum absolute atomic E-state index is 11.0. The molecule has 2 rings (SSSR count). The van der Waals surface area contributed by atoms with Gasteiger partial charge >= 0.3 is 5.69 Å². The number of nitrogens with one attached hydrogen (secondary N) is 1. The first-order valence-electron chi connectivity index (χ1n) is 6.76. The Balaban J connectivity index is 2.15. The standard InChI is InChI=1S/C15H14N4O4/c1-11(12-5-3-2-4-6-12)10-16-17-14-8-7-13(18(20)21)9-15(14)19(22)23/h2-11,17H,1H3/b16-10+/t11-/m1/s1. The molecule has 0 fully saturated rings. The second-order valence-corrected chi connectivity index (χ2v) is 4.81. The summed E-state index contributed by atoms with van der Waals surface area (Å²) in [5, 5.41) is 25.7. The molecule has 0 saturated heterocycles. The second-order valence-electron chi connectivity index (χ2n) is 4.81. The third-order valence-corrected chi connectivity index (χ3v) is 3.20. The Morgan fingerprint density at radius 3 is 2.39 bits per heavy atom. The lowest BCUT2D eigenvalue weighted by Gasteiger charge is -2.06. The second kappa shape index (κ2) is 7.12. The van der Waals surface area contributed by atoms with Gasteiger partial charge in [-0.1, -0.05) is 37.3 Å². The first kappa shape index (κ1) is 16.1. The van der Waals surface area contributed by atoms with Crippen molar-refractivity contribution in [2.24, 2.45) is 5.10 Å². The molecule has 2 aromatic carbocycles. The van der Waals surface area contributed by atoms with Crippen LogP contribution < -0.4 is 5.43 Å². The van der Waals surface area contributed by atoms with Crippen molar-refractivity contribution < 1.29 is 9.85 Å². The molecular formula is C15H14N4O4. The fourth-order valence-corrected chi connectivity index (χ4v) is 1.94. The van der Waals surface area contributed by atoms with E-state index in [1.54, 1.807) is 6.21 Å². The molecule has 1 N–H and O–H groups in total. The van der Waals surface area contributed by atoms with Crippen LogP contribution in [0.3, 0.4) is 0 Å². The Bertz CT molecular complexity index is 746. The summed E-state index contributed by atoms with van der Waals surface area (Å²) in [6, 6.07) is 13.0. The molecule has 0 aliphatic heterocycles. The Morgan fingerprint density at radius 1 is 1.09 bits per heavy atom. The van der Waals surface area contributed by atoms with Crippen molar-refractivity contribution in [2.45, 2.75) is 12.8 Å². The Labute approximate surface area is 131 Å². The number of anilines is 1. The number of non-ortho nitro benzene ring substituents is 1. The molecule has 0 aliphatic rings. The van der Waals surface area contributed by atoms with Crippen LogP contribution in [0.5, 0.6) is 0 Å². The van der Waals surface area contributed by atoms with Crippen LogP contribution in [0, 0.1) is 20.2 Å². The van der Waals surface area contributed by atoms with Gasteiger partial charge in [0.1, 0.15) is 5.69 Å². The van der Waals surface area contributed by atoms with Crippen molar-refractivity contribution in [1.29, 1.82) is 0 Å². The third-order valence-electron chi connectivity index (χ3n) is 3.20. The van der Waals surface area contributed by atoms with Crippen molar-refractivity contribution in [3.05, 3.63) is 74.3 Å². The topological polar surface area (TPSA) is 111 Å². The fourth-order valence-electron chi connectivity index (χ4n) is 1.94. The molecule has 118 valence electrons. The van der Waals surface area contributed by atoms with Gasteiger partial charge in [0.05, 0.1) is 15.9 Å². The zero-order valence-corrected chi connectivity index (χ0v) is 12.2. The van der Waals surface area contributed by atoms with E-state index in [9.17, 15) is 20.2 Å². The Morgan fingerprint density at radius 2 is 1.78 bits per heavy atom. The van der Waals surface area contributed by atoms with Crippen molar-refractivity contribution in [1.82, 2.24) is 0 Å². The number of nitrogens with zero attached hydrogens (tertiary/aromatic N) is 3. The van der Waals surface area contributed by atoms with Crippen LogP contribution >= 0.6 is 0 Å². The van der Waals surface area contributed by atoms with Crippen molar-refractivity contribution >= 4 is 23.3 Å². The van der Waals surface area contributed by atoms with Gasteiger partial charge in [-0.3, -0.25) is 25.7 Å². The van der Waals surface area contributed by atoms with E-state index in [0.29, 0.717) is 0 Å². The Hall–Kier alpha value is -3.29. The van der Waals surface area contributed by atoms with Gasteiger partial charge in [0.2, 0.25) is 0 Å². The highest BCUT2D eigenvalue weighted by Crippen LogP contribution is 2.28. The van der Waals surface area contributed by atoms with E-state index in [4.69, 9.17) is 0 Å². The molecule has 0 spiro atoms. The minimum Gasteiger partial charge on any atom is -0.272 e. The van der Waals surface area contributed by atoms with E-state index in [0.717, 1.165) is 11.6 Å². The molecule has 0 aromatic heterocycles. The number of hydrogen-bond donors (Lipinski definition) is 1. The van der Waals surface area contributed by atoms with Crippen LogP contribution in [0.25, 0.3) is 0 Å². The third kappa shape index (κ3) is 4.10. The normalized spacial score (nSPS) is 12.0. The van der Waals surface area contributed by atoms with Gasteiger partial charge < -0.3 is 0 Å². The van der Waals surface area contributed by atoms with Crippen LogP contribution in [-0.4, -0.2) is 16.1 Å². The monoisotopic (exact) mass is 314 g/mol. The first-order chi connectivity index (χ1) is 11.0. The number of hydrogen-bond acceptors (Lipinski definition) is 6. The molecule has 0 unspecified atom stereocenters. The summed E-state index contributed by atoms with van der Waals surface area (Å²) in [4.78, 5) is 20.3. The summed E-state index contributed by atoms with van der Waals surface area (Å²) in [5.74, 6) is 0.0146. The molecule has 8 heteroatoms. The molecule has 23 heavy (non-hydrogen) atoms. The smallest absolute Gasteiger partial charge is 0.272 e. The van der Waals surface area contributed by atoms with Crippen LogP contribution in [0.1, 0.15) is 18.4 Å². The average Bonchev–Trinajstić information content (AvgIpc) is 2.55. The van der Waals surface area contributed by atoms with Crippen LogP contribution in [0.4, 0.5) is 17.1 Å².